The van der Waals surface area contributed by atoms with E-state index in [2.05, 4.69) is 4.98 Å². The number of hydrogen-bond donors (Lipinski definition) is 1. The van der Waals surface area contributed by atoms with Crippen molar-refractivity contribution in [2.45, 2.75) is 46.6 Å². The third kappa shape index (κ3) is 4.35. The highest BCUT2D eigenvalue weighted by Gasteiger charge is 2.21. The maximum Gasteiger partial charge on any atom is 0.122 e. The number of aliphatic hydroxyl groups is 1. The van der Waals surface area contributed by atoms with Crippen molar-refractivity contribution in [3.05, 3.63) is 23.5 Å². The molecule has 0 fully saturated rings. The lowest BCUT2D eigenvalue weighted by Crippen LogP contribution is -2.26. The fraction of sp³-hybridized carbons (Fsp3) is 0.643. The van der Waals surface area contributed by atoms with Gasteiger partial charge in [0.25, 0.3) is 0 Å². The summed E-state index contributed by atoms with van der Waals surface area (Å²) in [6.45, 7) is 8.08. The summed E-state index contributed by atoms with van der Waals surface area (Å²) in [4.78, 5) is 4.44. The van der Waals surface area contributed by atoms with Crippen molar-refractivity contribution < 1.29 is 9.84 Å². The molecule has 0 bridgehead atoms. The number of rotatable bonds is 4. The van der Waals surface area contributed by atoms with Crippen LogP contribution < -0.4 is 4.74 Å². The van der Waals surface area contributed by atoms with E-state index in [9.17, 15) is 5.11 Å². The lowest BCUT2D eigenvalue weighted by Gasteiger charge is -2.25. The minimum Gasteiger partial charge on any atom is -0.497 e. The van der Waals surface area contributed by atoms with Gasteiger partial charge >= 0.3 is 0 Å². The Balaban J connectivity index is 2.66. The summed E-state index contributed by atoms with van der Waals surface area (Å²) in [7, 11) is 1.66. The summed E-state index contributed by atoms with van der Waals surface area (Å²) >= 11 is 0. The molecule has 17 heavy (non-hydrogen) atoms. The predicted octanol–water partition coefficient (Wildman–Crippen LogP) is 2.74. The highest BCUT2D eigenvalue weighted by atomic mass is 16.5. The highest BCUT2D eigenvalue weighted by molar-refractivity contribution is 5.26. The minimum absolute atomic E-state index is 0.0755. The van der Waals surface area contributed by atoms with Crippen molar-refractivity contribution >= 4 is 0 Å². The van der Waals surface area contributed by atoms with Gasteiger partial charge < -0.3 is 9.84 Å². The lowest BCUT2D eigenvalue weighted by molar-refractivity contribution is 0.0557. The molecular weight excluding hydrogens is 214 g/mol. The lowest BCUT2D eigenvalue weighted by atomic mass is 9.86. The van der Waals surface area contributed by atoms with E-state index < -0.39 is 0 Å². The molecule has 3 nitrogen and oxygen atoms in total. The first-order valence-corrected chi connectivity index (χ1v) is 6.02. The van der Waals surface area contributed by atoms with Gasteiger partial charge in [0.15, 0.2) is 0 Å². The predicted molar refractivity (Wildman–Crippen MR) is 69.3 cm³/mol. The molecule has 1 aromatic heterocycles. The van der Waals surface area contributed by atoms with Crippen LogP contribution in [0.15, 0.2) is 12.1 Å². The van der Waals surface area contributed by atoms with Gasteiger partial charge in [-0.15, -0.1) is 0 Å². The maximum absolute atomic E-state index is 9.98. The quantitative estimate of drug-likeness (QED) is 0.875. The van der Waals surface area contributed by atoms with Gasteiger partial charge in [0, 0.05) is 23.5 Å². The zero-order valence-corrected chi connectivity index (χ0v) is 11.4. The molecule has 1 unspecified atom stereocenters. The molecule has 0 spiro atoms. The molecule has 1 aromatic rings. The SMILES string of the molecule is COc1cc(C)nc(CCC(O)C(C)(C)C)c1. The topological polar surface area (TPSA) is 42.4 Å². The maximum atomic E-state index is 9.98. The number of aliphatic hydroxyl groups excluding tert-OH is 1. The van der Waals surface area contributed by atoms with Crippen molar-refractivity contribution in [3.63, 3.8) is 0 Å². The number of methoxy groups -OCH3 is 1. The van der Waals surface area contributed by atoms with Crippen LogP contribution in [0.4, 0.5) is 0 Å². The van der Waals surface area contributed by atoms with Gasteiger partial charge in [-0.05, 0) is 25.2 Å². The molecule has 0 aliphatic heterocycles. The van der Waals surface area contributed by atoms with Gasteiger partial charge in [0.05, 0.1) is 13.2 Å². The number of pyridine rings is 1. The average molecular weight is 237 g/mol. The van der Waals surface area contributed by atoms with Gasteiger partial charge in [-0.3, -0.25) is 4.98 Å². The standard InChI is InChI=1S/C14H23NO2/c1-10-8-12(17-5)9-11(15-10)6-7-13(16)14(2,3)4/h8-9,13,16H,6-7H2,1-5H3. The molecule has 1 N–H and O–H groups in total. The molecule has 0 aliphatic rings. The third-order valence-corrected chi connectivity index (χ3v) is 2.89. The second kappa shape index (κ2) is 5.50. The van der Waals surface area contributed by atoms with Crippen LogP contribution in [0.25, 0.3) is 0 Å². The molecule has 0 radical (unpaired) electrons. The molecule has 0 saturated heterocycles. The van der Waals surface area contributed by atoms with E-state index in [-0.39, 0.29) is 11.5 Å². The van der Waals surface area contributed by atoms with Gasteiger partial charge in [-0.2, -0.15) is 0 Å². The van der Waals surface area contributed by atoms with E-state index in [0.717, 1.165) is 30.0 Å². The highest BCUT2D eigenvalue weighted by Crippen LogP contribution is 2.23. The zero-order chi connectivity index (χ0) is 13.1. The van der Waals surface area contributed by atoms with Crippen LogP contribution in [0.2, 0.25) is 0 Å². The molecule has 1 rings (SSSR count). The van der Waals surface area contributed by atoms with Crippen LogP contribution in [-0.4, -0.2) is 23.3 Å². The molecule has 0 saturated carbocycles. The van der Waals surface area contributed by atoms with Crippen molar-refractivity contribution in [3.8, 4) is 5.75 Å². The van der Waals surface area contributed by atoms with Crippen LogP contribution >= 0.6 is 0 Å². The average Bonchev–Trinajstić information content (AvgIpc) is 2.23. The van der Waals surface area contributed by atoms with Crippen molar-refractivity contribution in [2.24, 2.45) is 5.41 Å². The second-order valence-electron chi connectivity index (χ2n) is 5.56. The van der Waals surface area contributed by atoms with Crippen LogP contribution in [-0.2, 0) is 6.42 Å². The van der Waals surface area contributed by atoms with Gasteiger partial charge in [0.1, 0.15) is 5.75 Å². The summed E-state index contributed by atoms with van der Waals surface area (Å²) in [5, 5.41) is 9.98. The van der Waals surface area contributed by atoms with Crippen LogP contribution in [0.1, 0.15) is 38.6 Å². The van der Waals surface area contributed by atoms with E-state index in [4.69, 9.17) is 4.74 Å². The van der Waals surface area contributed by atoms with Gasteiger partial charge in [-0.25, -0.2) is 0 Å². The Morgan fingerprint density at radius 3 is 2.53 bits per heavy atom. The summed E-state index contributed by atoms with van der Waals surface area (Å²) in [5.41, 5.74) is 1.85. The summed E-state index contributed by atoms with van der Waals surface area (Å²) in [6.07, 6.45) is 1.19. The Morgan fingerprint density at radius 1 is 1.35 bits per heavy atom. The van der Waals surface area contributed by atoms with E-state index >= 15 is 0 Å². The zero-order valence-electron chi connectivity index (χ0n) is 11.4. The largest absolute Gasteiger partial charge is 0.497 e. The molecule has 1 heterocycles. The smallest absolute Gasteiger partial charge is 0.122 e. The molecule has 0 aliphatic carbocycles. The van der Waals surface area contributed by atoms with E-state index in [0.29, 0.717) is 0 Å². The molecule has 96 valence electrons. The third-order valence-electron chi connectivity index (χ3n) is 2.89. The summed E-state index contributed by atoms with van der Waals surface area (Å²) in [5.74, 6) is 0.831. The fourth-order valence-electron chi connectivity index (χ4n) is 1.67. The Kier molecular flexibility index (Phi) is 4.52. The van der Waals surface area contributed by atoms with E-state index in [1.165, 1.54) is 0 Å². The Morgan fingerprint density at radius 2 is 2.00 bits per heavy atom. The normalized spacial score (nSPS) is 13.5. The Labute approximate surface area is 104 Å². The van der Waals surface area contributed by atoms with Crippen LogP contribution in [0.5, 0.6) is 5.75 Å². The number of ether oxygens (including phenoxy) is 1. The number of aromatic nitrogens is 1. The van der Waals surface area contributed by atoms with Crippen LogP contribution in [0.3, 0.4) is 0 Å². The van der Waals surface area contributed by atoms with E-state index in [1.807, 2.05) is 39.8 Å². The first-order valence-electron chi connectivity index (χ1n) is 6.02. The first kappa shape index (κ1) is 14.0. The summed E-state index contributed by atoms with van der Waals surface area (Å²) < 4.78 is 5.21. The summed E-state index contributed by atoms with van der Waals surface area (Å²) in [6, 6.07) is 3.84. The second-order valence-corrected chi connectivity index (χ2v) is 5.56. The molecule has 0 aromatic carbocycles. The van der Waals surface area contributed by atoms with Crippen molar-refractivity contribution in [1.29, 1.82) is 0 Å². The van der Waals surface area contributed by atoms with Crippen molar-refractivity contribution in [2.75, 3.05) is 7.11 Å². The molecule has 3 heteroatoms. The van der Waals surface area contributed by atoms with Crippen molar-refractivity contribution in [1.82, 2.24) is 4.98 Å². The number of hydrogen-bond acceptors (Lipinski definition) is 3. The van der Waals surface area contributed by atoms with Gasteiger partial charge in [0.2, 0.25) is 0 Å². The monoisotopic (exact) mass is 237 g/mol. The fourth-order valence-corrected chi connectivity index (χ4v) is 1.67. The molecular formula is C14H23NO2. The number of aryl methyl sites for hydroxylation is 2. The minimum atomic E-state index is -0.309. The Hall–Kier alpha value is -1.09. The molecule has 1 atom stereocenters. The molecule has 0 amide bonds. The van der Waals surface area contributed by atoms with Gasteiger partial charge in [-0.1, -0.05) is 20.8 Å². The Bertz CT molecular complexity index is 369. The van der Waals surface area contributed by atoms with Crippen LogP contribution in [0, 0.1) is 12.3 Å². The first-order chi connectivity index (χ1) is 7.82. The number of nitrogens with zero attached hydrogens (tertiary/aromatic N) is 1. The van der Waals surface area contributed by atoms with E-state index in [1.54, 1.807) is 7.11 Å².